The molecule has 1 aromatic carbocycles. The molecule has 1 saturated heterocycles. The number of rotatable bonds is 4. The Morgan fingerprint density at radius 3 is 3.00 bits per heavy atom. The standard InChI is InChI=1S/C19H24N6/c1-3-13-10-21-19(22-14-5-4-8-20-11-14)23-17(13)18-15-9-12(2)6-7-16(15)24-25-18/h6-7,9-10,14,20H,3-5,8,11H2,1-2H3,(H,24,25)(H,21,22,23)/t14-/m0/s1. The molecule has 3 aromatic rings. The van der Waals surface area contributed by atoms with E-state index >= 15 is 0 Å². The van der Waals surface area contributed by atoms with Gasteiger partial charge in [0, 0.05) is 24.2 Å². The maximum atomic E-state index is 4.83. The lowest BCUT2D eigenvalue weighted by atomic mass is 10.1. The first-order valence-corrected chi connectivity index (χ1v) is 9.03. The van der Waals surface area contributed by atoms with Gasteiger partial charge in [-0.15, -0.1) is 0 Å². The molecular weight excluding hydrogens is 312 g/mol. The maximum Gasteiger partial charge on any atom is 0.223 e. The number of anilines is 1. The molecule has 130 valence electrons. The van der Waals surface area contributed by atoms with Crippen molar-refractivity contribution in [3.63, 3.8) is 0 Å². The summed E-state index contributed by atoms with van der Waals surface area (Å²) in [6.45, 7) is 6.27. The van der Waals surface area contributed by atoms with Gasteiger partial charge in [0.1, 0.15) is 5.69 Å². The van der Waals surface area contributed by atoms with Gasteiger partial charge >= 0.3 is 0 Å². The van der Waals surface area contributed by atoms with Crippen molar-refractivity contribution >= 4 is 16.9 Å². The molecule has 1 aliphatic heterocycles. The number of aromatic amines is 1. The molecule has 2 aromatic heterocycles. The van der Waals surface area contributed by atoms with E-state index in [-0.39, 0.29) is 0 Å². The van der Waals surface area contributed by atoms with E-state index in [1.807, 2.05) is 6.20 Å². The average Bonchev–Trinajstić information content (AvgIpc) is 3.05. The summed E-state index contributed by atoms with van der Waals surface area (Å²) in [5, 5.41) is 15.7. The number of benzene rings is 1. The topological polar surface area (TPSA) is 78.5 Å². The van der Waals surface area contributed by atoms with Crippen molar-refractivity contribution in [3.8, 4) is 11.4 Å². The zero-order valence-electron chi connectivity index (χ0n) is 14.8. The van der Waals surface area contributed by atoms with Gasteiger partial charge in [-0.05, 0) is 50.4 Å². The highest BCUT2D eigenvalue weighted by Gasteiger charge is 2.17. The first-order valence-electron chi connectivity index (χ1n) is 9.03. The van der Waals surface area contributed by atoms with Crippen molar-refractivity contribution < 1.29 is 0 Å². The van der Waals surface area contributed by atoms with Gasteiger partial charge in [0.15, 0.2) is 0 Å². The molecule has 6 heteroatoms. The van der Waals surface area contributed by atoms with E-state index < -0.39 is 0 Å². The average molecular weight is 336 g/mol. The van der Waals surface area contributed by atoms with Crippen molar-refractivity contribution in [2.45, 2.75) is 39.2 Å². The highest BCUT2D eigenvalue weighted by molar-refractivity contribution is 5.93. The third-order valence-electron chi connectivity index (χ3n) is 4.82. The first-order chi connectivity index (χ1) is 12.2. The molecule has 1 aliphatic rings. The lowest BCUT2D eigenvalue weighted by molar-refractivity contribution is 0.478. The largest absolute Gasteiger partial charge is 0.350 e. The summed E-state index contributed by atoms with van der Waals surface area (Å²) < 4.78 is 0. The predicted molar refractivity (Wildman–Crippen MR) is 101 cm³/mol. The Kier molecular flexibility index (Phi) is 4.36. The molecule has 0 spiro atoms. The first kappa shape index (κ1) is 16.0. The van der Waals surface area contributed by atoms with Crippen LogP contribution in [0.1, 0.15) is 30.9 Å². The van der Waals surface area contributed by atoms with E-state index in [0.29, 0.717) is 12.0 Å². The lowest BCUT2D eigenvalue weighted by Gasteiger charge is -2.24. The number of aryl methyl sites for hydroxylation is 2. The second-order valence-electron chi connectivity index (χ2n) is 6.73. The van der Waals surface area contributed by atoms with Crippen LogP contribution < -0.4 is 10.6 Å². The maximum absolute atomic E-state index is 4.83. The van der Waals surface area contributed by atoms with E-state index in [1.165, 1.54) is 12.0 Å². The van der Waals surface area contributed by atoms with E-state index in [9.17, 15) is 0 Å². The monoisotopic (exact) mass is 336 g/mol. The third kappa shape index (κ3) is 3.22. The van der Waals surface area contributed by atoms with Gasteiger partial charge in [0.25, 0.3) is 0 Å². The number of H-pyrrole nitrogens is 1. The molecular formula is C19H24N6. The summed E-state index contributed by atoms with van der Waals surface area (Å²) in [6.07, 6.45) is 5.13. The normalized spacial score (nSPS) is 17.8. The van der Waals surface area contributed by atoms with E-state index in [1.54, 1.807) is 0 Å². The molecule has 0 aliphatic carbocycles. The zero-order chi connectivity index (χ0) is 17.2. The summed E-state index contributed by atoms with van der Waals surface area (Å²) in [6, 6.07) is 6.70. The fourth-order valence-corrected chi connectivity index (χ4v) is 3.41. The van der Waals surface area contributed by atoms with Gasteiger partial charge in [0.05, 0.1) is 11.2 Å². The molecule has 0 radical (unpaired) electrons. The quantitative estimate of drug-likeness (QED) is 0.682. The summed E-state index contributed by atoms with van der Waals surface area (Å²) in [5.41, 5.74) is 5.19. The summed E-state index contributed by atoms with van der Waals surface area (Å²) in [4.78, 5) is 9.35. The van der Waals surface area contributed by atoms with Crippen LogP contribution in [0.15, 0.2) is 24.4 Å². The van der Waals surface area contributed by atoms with Gasteiger partial charge in [-0.25, -0.2) is 9.97 Å². The number of aromatic nitrogens is 4. The van der Waals surface area contributed by atoms with Crippen LogP contribution in [-0.2, 0) is 6.42 Å². The molecule has 1 atom stereocenters. The Bertz CT molecular complexity index is 879. The minimum Gasteiger partial charge on any atom is -0.350 e. The molecule has 25 heavy (non-hydrogen) atoms. The molecule has 3 N–H and O–H groups in total. The molecule has 0 unspecified atom stereocenters. The van der Waals surface area contributed by atoms with Crippen LogP contribution in [0.2, 0.25) is 0 Å². The van der Waals surface area contributed by atoms with Gasteiger partial charge in [-0.3, -0.25) is 5.10 Å². The van der Waals surface area contributed by atoms with Gasteiger partial charge < -0.3 is 10.6 Å². The molecule has 4 rings (SSSR count). The van der Waals surface area contributed by atoms with Crippen LogP contribution in [0.3, 0.4) is 0 Å². The second-order valence-corrected chi connectivity index (χ2v) is 6.73. The highest BCUT2D eigenvalue weighted by Crippen LogP contribution is 2.29. The van der Waals surface area contributed by atoms with Crippen molar-refractivity contribution in [3.05, 3.63) is 35.5 Å². The van der Waals surface area contributed by atoms with Crippen LogP contribution in [0.5, 0.6) is 0 Å². The van der Waals surface area contributed by atoms with Gasteiger partial charge in [0.2, 0.25) is 5.95 Å². The minimum atomic E-state index is 0.382. The van der Waals surface area contributed by atoms with Crippen LogP contribution >= 0.6 is 0 Å². The fraction of sp³-hybridized carbons (Fsp3) is 0.421. The SMILES string of the molecule is CCc1cnc(N[C@H]2CCCNC2)nc1-c1n[nH]c2ccc(C)cc12. The molecule has 6 nitrogen and oxygen atoms in total. The predicted octanol–water partition coefficient (Wildman–Crippen LogP) is 3.05. The second kappa shape index (κ2) is 6.80. The van der Waals surface area contributed by atoms with Gasteiger partial charge in [-0.1, -0.05) is 18.6 Å². The Balaban J connectivity index is 1.73. The van der Waals surface area contributed by atoms with Crippen molar-refractivity contribution in [2.24, 2.45) is 0 Å². The van der Waals surface area contributed by atoms with E-state index in [4.69, 9.17) is 4.98 Å². The Hall–Kier alpha value is -2.47. The molecule has 0 saturated carbocycles. The van der Waals surface area contributed by atoms with Crippen molar-refractivity contribution in [1.82, 2.24) is 25.5 Å². The van der Waals surface area contributed by atoms with E-state index in [2.05, 4.69) is 57.9 Å². The van der Waals surface area contributed by atoms with E-state index in [0.717, 1.165) is 53.8 Å². The molecule has 0 bridgehead atoms. The molecule has 3 heterocycles. The number of piperidine rings is 1. The third-order valence-corrected chi connectivity index (χ3v) is 4.82. The summed E-state index contributed by atoms with van der Waals surface area (Å²) in [5.74, 6) is 0.685. The Morgan fingerprint density at radius 2 is 2.20 bits per heavy atom. The summed E-state index contributed by atoms with van der Waals surface area (Å²) in [7, 11) is 0. The number of nitrogens with zero attached hydrogens (tertiary/aromatic N) is 3. The smallest absolute Gasteiger partial charge is 0.223 e. The van der Waals surface area contributed by atoms with Crippen LogP contribution in [0, 0.1) is 6.92 Å². The highest BCUT2D eigenvalue weighted by atomic mass is 15.2. The lowest BCUT2D eigenvalue weighted by Crippen LogP contribution is -2.38. The number of hydrogen-bond acceptors (Lipinski definition) is 5. The minimum absolute atomic E-state index is 0.382. The Morgan fingerprint density at radius 1 is 1.28 bits per heavy atom. The van der Waals surface area contributed by atoms with Crippen LogP contribution in [0.4, 0.5) is 5.95 Å². The van der Waals surface area contributed by atoms with Crippen molar-refractivity contribution in [2.75, 3.05) is 18.4 Å². The molecule has 1 fully saturated rings. The fourth-order valence-electron chi connectivity index (χ4n) is 3.41. The number of hydrogen-bond donors (Lipinski definition) is 3. The van der Waals surface area contributed by atoms with Crippen molar-refractivity contribution in [1.29, 1.82) is 0 Å². The number of fused-ring (bicyclic) bond motifs is 1. The zero-order valence-corrected chi connectivity index (χ0v) is 14.8. The summed E-state index contributed by atoms with van der Waals surface area (Å²) >= 11 is 0. The van der Waals surface area contributed by atoms with Crippen LogP contribution in [0.25, 0.3) is 22.3 Å². The molecule has 0 amide bonds. The Labute approximate surface area is 147 Å². The van der Waals surface area contributed by atoms with Gasteiger partial charge in [-0.2, -0.15) is 5.10 Å². The number of nitrogens with one attached hydrogen (secondary N) is 3. The van der Waals surface area contributed by atoms with Crippen LogP contribution in [-0.4, -0.2) is 39.3 Å².